The fourth-order valence-corrected chi connectivity index (χ4v) is 5.15. The Labute approximate surface area is 176 Å². The van der Waals surface area contributed by atoms with E-state index in [2.05, 4.69) is 26.0 Å². The maximum atomic E-state index is 11.0. The predicted molar refractivity (Wildman–Crippen MR) is 122 cm³/mol. The molecule has 1 aliphatic rings. The van der Waals surface area contributed by atoms with Gasteiger partial charge in [-0.05, 0) is 68.9 Å². The minimum atomic E-state index is -1.25. The number of phenolic OH excluding ortho intramolecular Hbond substituents is 1. The van der Waals surface area contributed by atoms with Gasteiger partial charge in [-0.25, -0.2) is 0 Å². The lowest BCUT2D eigenvalue weighted by atomic mass is 9.84. The molecule has 0 fully saturated rings. The number of unbranched alkanes of at least 4 members (excludes halogenated alkanes) is 2. The van der Waals surface area contributed by atoms with Crippen molar-refractivity contribution in [1.29, 1.82) is 0 Å². The highest BCUT2D eigenvalue weighted by atomic mass is 31.2. The molecule has 0 bridgehead atoms. The highest BCUT2D eigenvalue weighted by molar-refractivity contribution is 7.56. The van der Waals surface area contributed by atoms with Gasteiger partial charge in [-0.15, -0.1) is 0 Å². The van der Waals surface area contributed by atoms with Crippen LogP contribution in [0.4, 0.5) is 0 Å². The van der Waals surface area contributed by atoms with Crippen LogP contribution in [0.1, 0.15) is 69.4 Å². The van der Waals surface area contributed by atoms with Gasteiger partial charge in [0, 0.05) is 23.9 Å². The van der Waals surface area contributed by atoms with Crippen molar-refractivity contribution in [3.05, 3.63) is 65.2 Å². The van der Waals surface area contributed by atoms with Gasteiger partial charge in [-0.2, -0.15) is 0 Å². The molecule has 1 aliphatic carbocycles. The molecule has 0 amide bonds. The Hall–Kier alpha value is -1.83. The van der Waals surface area contributed by atoms with E-state index < -0.39 is 8.38 Å². The molecule has 156 valence electrons. The van der Waals surface area contributed by atoms with Crippen LogP contribution in [-0.4, -0.2) is 12.2 Å². The van der Waals surface area contributed by atoms with Crippen LogP contribution >= 0.6 is 8.38 Å². The molecule has 0 saturated carbocycles. The van der Waals surface area contributed by atoms with E-state index in [0.29, 0.717) is 5.75 Å². The van der Waals surface area contributed by atoms with Crippen LogP contribution in [0.5, 0.6) is 11.5 Å². The molecule has 3 rings (SSSR count). The van der Waals surface area contributed by atoms with Crippen LogP contribution in [0.15, 0.2) is 54.1 Å². The first-order valence-corrected chi connectivity index (χ1v) is 11.9. The average Bonchev–Trinajstić information content (AvgIpc) is 2.72. The van der Waals surface area contributed by atoms with Gasteiger partial charge in [0.2, 0.25) is 0 Å². The summed E-state index contributed by atoms with van der Waals surface area (Å²) < 4.78 is 12.2. The van der Waals surface area contributed by atoms with Crippen LogP contribution in [0.3, 0.4) is 0 Å². The molecule has 2 atom stereocenters. The summed E-state index contributed by atoms with van der Waals surface area (Å²) in [7, 11) is 0.438. The first-order chi connectivity index (χ1) is 14.1. The van der Waals surface area contributed by atoms with Crippen LogP contribution in [0.25, 0.3) is 0 Å². The molecule has 0 saturated heterocycles. The van der Waals surface area contributed by atoms with Crippen molar-refractivity contribution in [1.82, 2.24) is 0 Å². The number of aromatic hydroxyl groups is 1. The lowest BCUT2D eigenvalue weighted by Gasteiger charge is -2.25. The largest absolute Gasteiger partial charge is 0.507 e. The lowest BCUT2D eigenvalue weighted by Crippen LogP contribution is -2.09. The Morgan fingerprint density at radius 1 is 1.14 bits per heavy atom. The van der Waals surface area contributed by atoms with Crippen molar-refractivity contribution in [2.45, 2.75) is 64.7 Å². The summed E-state index contributed by atoms with van der Waals surface area (Å²) in [5.41, 5.74) is 3.42. The number of benzene rings is 2. The zero-order chi connectivity index (χ0) is 20.6. The van der Waals surface area contributed by atoms with Crippen molar-refractivity contribution in [3.8, 4) is 11.5 Å². The number of phenols is 1. The summed E-state index contributed by atoms with van der Waals surface area (Å²) in [4.78, 5) is 0. The molecule has 0 aromatic heterocycles. The molecule has 0 aliphatic heterocycles. The molecule has 2 aromatic rings. The van der Waals surface area contributed by atoms with Crippen LogP contribution in [-0.2, 0) is 10.9 Å². The van der Waals surface area contributed by atoms with Crippen molar-refractivity contribution >= 4 is 13.7 Å². The first kappa shape index (κ1) is 21.9. The molecule has 3 nitrogen and oxygen atoms in total. The second kappa shape index (κ2) is 10.8. The summed E-state index contributed by atoms with van der Waals surface area (Å²) >= 11 is 0. The highest BCUT2D eigenvalue weighted by Gasteiger charge is 2.25. The van der Waals surface area contributed by atoms with Crippen molar-refractivity contribution in [3.63, 3.8) is 0 Å². The monoisotopic (exact) mass is 412 g/mol. The van der Waals surface area contributed by atoms with Crippen molar-refractivity contribution in [2.24, 2.45) is 0 Å². The summed E-state index contributed by atoms with van der Waals surface area (Å²) in [5.74, 6) is 1.31. The minimum absolute atomic E-state index is 0.188. The van der Waals surface area contributed by atoms with E-state index in [0.717, 1.165) is 54.3 Å². The number of hydrogen-bond donors (Lipinski definition) is 1. The van der Waals surface area contributed by atoms with Gasteiger partial charge in [-0.3, -0.25) is 0 Å². The van der Waals surface area contributed by atoms with Crippen molar-refractivity contribution < 1.29 is 14.2 Å². The quantitative estimate of drug-likeness (QED) is 0.274. The SMILES string of the molecule is CCCCCc1cc(O)c(C2C=C(C)CCC2)c(OP(OC)c2ccccc2)c1. The Morgan fingerprint density at radius 2 is 1.93 bits per heavy atom. The van der Waals surface area contributed by atoms with Crippen LogP contribution in [0.2, 0.25) is 0 Å². The van der Waals surface area contributed by atoms with Gasteiger partial charge < -0.3 is 14.2 Å². The molecule has 0 radical (unpaired) electrons. The number of aryl methyl sites for hydroxylation is 1. The number of rotatable bonds is 9. The number of allylic oxidation sites excluding steroid dienone is 2. The van der Waals surface area contributed by atoms with Gasteiger partial charge in [-0.1, -0.05) is 49.6 Å². The molecular formula is C25H33O3P. The predicted octanol–water partition coefficient (Wildman–Crippen LogP) is 7.00. The van der Waals surface area contributed by atoms with E-state index >= 15 is 0 Å². The molecule has 0 heterocycles. The Balaban J connectivity index is 1.97. The van der Waals surface area contributed by atoms with E-state index in [1.165, 1.54) is 18.4 Å². The minimum Gasteiger partial charge on any atom is -0.507 e. The zero-order valence-electron chi connectivity index (χ0n) is 17.9. The molecular weight excluding hydrogens is 379 g/mol. The van der Waals surface area contributed by atoms with E-state index in [4.69, 9.17) is 9.05 Å². The highest BCUT2D eigenvalue weighted by Crippen LogP contribution is 2.47. The van der Waals surface area contributed by atoms with Gasteiger partial charge in [0.15, 0.2) is 0 Å². The summed E-state index contributed by atoms with van der Waals surface area (Å²) in [6, 6.07) is 14.1. The molecule has 2 aromatic carbocycles. The average molecular weight is 413 g/mol. The third-order valence-corrected chi connectivity index (χ3v) is 6.92. The normalized spacial score (nSPS) is 17.6. The van der Waals surface area contributed by atoms with Gasteiger partial charge >= 0.3 is 0 Å². The fraction of sp³-hybridized carbons (Fsp3) is 0.440. The van der Waals surface area contributed by atoms with E-state index in [1.54, 1.807) is 7.11 Å². The molecule has 2 unspecified atom stereocenters. The first-order valence-electron chi connectivity index (χ1n) is 10.7. The third kappa shape index (κ3) is 5.84. The standard InChI is InChI=1S/C25H33O3P/c1-4-5-7-12-20-17-23(26)25(21-13-10-11-19(2)16-21)24(18-20)28-29(27-3)22-14-8-6-9-15-22/h6,8-9,14-18,21,26H,4-5,7,10-13H2,1-3H3. The van der Waals surface area contributed by atoms with Crippen LogP contribution in [0, 0.1) is 0 Å². The van der Waals surface area contributed by atoms with Gasteiger partial charge in [0.25, 0.3) is 8.38 Å². The smallest absolute Gasteiger partial charge is 0.264 e. The van der Waals surface area contributed by atoms with E-state index in [1.807, 2.05) is 36.4 Å². The maximum Gasteiger partial charge on any atom is 0.264 e. The van der Waals surface area contributed by atoms with E-state index in [9.17, 15) is 5.11 Å². The Morgan fingerprint density at radius 3 is 2.62 bits per heavy atom. The molecule has 1 N–H and O–H groups in total. The topological polar surface area (TPSA) is 38.7 Å². The fourth-order valence-electron chi connectivity index (χ4n) is 4.01. The van der Waals surface area contributed by atoms with Crippen molar-refractivity contribution in [2.75, 3.05) is 7.11 Å². The van der Waals surface area contributed by atoms with Gasteiger partial charge in [0.1, 0.15) is 11.5 Å². The van der Waals surface area contributed by atoms with Gasteiger partial charge in [0.05, 0.1) is 0 Å². The second-order valence-electron chi connectivity index (χ2n) is 7.86. The van der Waals surface area contributed by atoms with E-state index in [-0.39, 0.29) is 5.92 Å². The third-order valence-electron chi connectivity index (χ3n) is 5.51. The zero-order valence-corrected chi connectivity index (χ0v) is 18.8. The van der Waals surface area contributed by atoms with Crippen LogP contribution < -0.4 is 9.83 Å². The number of hydrogen-bond acceptors (Lipinski definition) is 3. The summed E-state index contributed by atoms with van der Waals surface area (Å²) in [6.45, 7) is 4.38. The summed E-state index contributed by atoms with van der Waals surface area (Å²) in [6.07, 6.45) is 10.1. The Bertz CT molecular complexity index is 816. The molecule has 29 heavy (non-hydrogen) atoms. The molecule has 0 spiro atoms. The second-order valence-corrected chi connectivity index (χ2v) is 9.44. The Kier molecular flexibility index (Phi) is 8.15. The molecule has 4 heteroatoms. The summed E-state index contributed by atoms with van der Waals surface area (Å²) in [5, 5.41) is 12.0. The maximum absolute atomic E-state index is 11.0. The lowest BCUT2D eigenvalue weighted by molar-refractivity contribution is 0.398.